The first kappa shape index (κ1) is 15.5. The number of anilines is 1. The maximum absolute atomic E-state index is 10.7. The quantitative estimate of drug-likeness (QED) is 0.857. The van der Waals surface area contributed by atoms with Gasteiger partial charge in [0.15, 0.2) is 0 Å². The van der Waals surface area contributed by atoms with E-state index in [1.807, 2.05) is 0 Å². The van der Waals surface area contributed by atoms with E-state index in [1.165, 1.54) is 56.4 Å². The molecule has 1 aliphatic heterocycles. The number of rotatable bonds is 4. The van der Waals surface area contributed by atoms with Crippen LogP contribution in [0.3, 0.4) is 0 Å². The molecule has 3 fully saturated rings. The Kier molecular flexibility index (Phi) is 3.91. The Bertz CT molecular complexity index is 537. The number of nitrogens with zero attached hydrogens (tertiary/aromatic N) is 1. The summed E-state index contributed by atoms with van der Waals surface area (Å²) in [6.07, 6.45) is 10.6. The van der Waals surface area contributed by atoms with E-state index >= 15 is 0 Å². The molecule has 0 bridgehead atoms. The highest BCUT2D eigenvalue weighted by Crippen LogP contribution is 2.49. The van der Waals surface area contributed by atoms with E-state index in [2.05, 4.69) is 36.1 Å². The Balaban J connectivity index is 1.39. The Hall–Kier alpha value is -1.02. The third-order valence-electron chi connectivity index (χ3n) is 6.70. The van der Waals surface area contributed by atoms with E-state index < -0.39 is 0 Å². The average Bonchev–Trinajstić information content (AvgIpc) is 3.33. The van der Waals surface area contributed by atoms with E-state index in [4.69, 9.17) is 0 Å². The van der Waals surface area contributed by atoms with Crippen LogP contribution < -0.4 is 4.90 Å². The third kappa shape index (κ3) is 3.15. The molecule has 0 amide bonds. The molecule has 0 aromatic heterocycles. The molecular weight excluding hydrogens is 282 g/mol. The van der Waals surface area contributed by atoms with Crippen molar-refractivity contribution < 1.29 is 5.11 Å². The van der Waals surface area contributed by atoms with Crippen molar-refractivity contribution in [2.24, 2.45) is 5.41 Å². The predicted octanol–water partition coefficient (Wildman–Crippen LogP) is 4.87. The lowest BCUT2D eigenvalue weighted by Gasteiger charge is -2.42. The van der Waals surface area contributed by atoms with Crippen molar-refractivity contribution in [3.63, 3.8) is 0 Å². The lowest BCUT2D eigenvalue weighted by molar-refractivity contribution is -0.0357. The van der Waals surface area contributed by atoms with E-state index in [-0.39, 0.29) is 5.60 Å². The fraction of sp³-hybridized carbons (Fsp3) is 0.714. The van der Waals surface area contributed by atoms with Crippen LogP contribution in [-0.2, 0) is 0 Å². The Morgan fingerprint density at radius 1 is 1.04 bits per heavy atom. The molecule has 2 heteroatoms. The first-order valence-corrected chi connectivity index (χ1v) is 9.69. The second-order valence-electron chi connectivity index (χ2n) is 8.51. The molecule has 0 unspecified atom stereocenters. The van der Waals surface area contributed by atoms with Gasteiger partial charge >= 0.3 is 0 Å². The first-order valence-electron chi connectivity index (χ1n) is 9.69. The highest BCUT2D eigenvalue weighted by molar-refractivity contribution is 5.50. The molecule has 2 nitrogen and oxygen atoms in total. The van der Waals surface area contributed by atoms with Crippen molar-refractivity contribution in [1.82, 2.24) is 0 Å². The minimum atomic E-state index is -0.362. The van der Waals surface area contributed by atoms with Crippen LogP contribution in [0.15, 0.2) is 24.3 Å². The molecule has 2 aliphatic carbocycles. The van der Waals surface area contributed by atoms with Crippen LogP contribution in [-0.4, -0.2) is 23.8 Å². The van der Waals surface area contributed by atoms with Crippen molar-refractivity contribution in [1.29, 1.82) is 0 Å². The summed E-state index contributed by atoms with van der Waals surface area (Å²) in [5.41, 5.74) is 3.04. The van der Waals surface area contributed by atoms with Crippen LogP contribution >= 0.6 is 0 Å². The van der Waals surface area contributed by atoms with Gasteiger partial charge in [0.05, 0.1) is 5.60 Å². The van der Waals surface area contributed by atoms with Crippen molar-refractivity contribution in [3.05, 3.63) is 29.8 Å². The molecule has 2 saturated carbocycles. The van der Waals surface area contributed by atoms with Crippen LogP contribution in [0.2, 0.25) is 0 Å². The number of hydrogen-bond donors (Lipinski definition) is 1. The Labute approximate surface area is 140 Å². The molecule has 1 heterocycles. The van der Waals surface area contributed by atoms with Crippen molar-refractivity contribution in [2.45, 2.75) is 76.2 Å². The maximum atomic E-state index is 10.7. The molecule has 1 aromatic rings. The molecule has 3 aliphatic rings. The molecule has 0 radical (unpaired) electrons. The van der Waals surface area contributed by atoms with E-state index in [0.717, 1.165) is 31.6 Å². The Morgan fingerprint density at radius 2 is 1.74 bits per heavy atom. The smallest absolute Gasteiger partial charge is 0.0648 e. The van der Waals surface area contributed by atoms with Gasteiger partial charge < -0.3 is 10.0 Å². The average molecular weight is 313 g/mol. The van der Waals surface area contributed by atoms with Crippen LogP contribution in [0.25, 0.3) is 0 Å². The summed E-state index contributed by atoms with van der Waals surface area (Å²) in [5, 5.41) is 10.7. The molecular formula is C21H31NO. The van der Waals surface area contributed by atoms with E-state index in [9.17, 15) is 5.11 Å². The molecule has 4 rings (SSSR count). The third-order valence-corrected chi connectivity index (χ3v) is 6.70. The van der Waals surface area contributed by atoms with Gasteiger partial charge in [-0.3, -0.25) is 0 Å². The molecule has 1 N–H and O–H groups in total. The standard InChI is InChI=1S/C21H31NO/c1-2-9-21(23)12-10-20(11-13-21)14-15-22(16-20)19-7-5-18(6-8-19)17-3-4-17/h5-8,17,23H,2-4,9-16H2,1H3/t20-,21+. The first-order chi connectivity index (χ1) is 11.1. The van der Waals surface area contributed by atoms with Crippen molar-refractivity contribution in [3.8, 4) is 0 Å². The fourth-order valence-corrected chi connectivity index (χ4v) is 4.90. The summed E-state index contributed by atoms with van der Waals surface area (Å²) in [6.45, 7) is 4.57. The summed E-state index contributed by atoms with van der Waals surface area (Å²) in [7, 11) is 0. The molecule has 0 atom stereocenters. The maximum Gasteiger partial charge on any atom is 0.0648 e. The van der Waals surface area contributed by atoms with E-state index in [1.54, 1.807) is 0 Å². The van der Waals surface area contributed by atoms with Gasteiger partial charge in [-0.1, -0.05) is 25.5 Å². The van der Waals surface area contributed by atoms with Gasteiger partial charge in [0.2, 0.25) is 0 Å². The van der Waals surface area contributed by atoms with Gasteiger partial charge in [0, 0.05) is 18.8 Å². The summed E-state index contributed by atoms with van der Waals surface area (Å²) in [4.78, 5) is 2.58. The highest BCUT2D eigenvalue weighted by Gasteiger charge is 2.45. The second-order valence-corrected chi connectivity index (χ2v) is 8.51. The number of hydrogen-bond acceptors (Lipinski definition) is 2. The minimum absolute atomic E-state index is 0.362. The highest BCUT2D eigenvalue weighted by atomic mass is 16.3. The van der Waals surface area contributed by atoms with Gasteiger partial charge in [-0.2, -0.15) is 0 Å². The Morgan fingerprint density at radius 3 is 2.35 bits per heavy atom. The monoisotopic (exact) mass is 313 g/mol. The summed E-state index contributed by atoms with van der Waals surface area (Å²) < 4.78 is 0. The lowest BCUT2D eigenvalue weighted by Crippen LogP contribution is -2.40. The number of aliphatic hydroxyl groups is 1. The van der Waals surface area contributed by atoms with Gasteiger partial charge in [-0.15, -0.1) is 0 Å². The van der Waals surface area contributed by atoms with Crippen molar-refractivity contribution in [2.75, 3.05) is 18.0 Å². The van der Waals surface area contributed by atoms with Gasteiger partial charge in [0.1, 0.15) is 0 Å². The number of benzene rings is 1. The van der Waals surface area contributed by atoms with Crippen LogP contribution in [0.4, 0.5) is 5.69 Å². The minimum Gasteiger partial charge on any atom is -0.390 e. The predicted molar refractivity (Wildman–Crippen MR) is 96.0 cm³/mol. The molecule has 1 spiro atoms. The summed E-state index contributed by atoms with van der Waals surface area (Å²) >= 11 is 0. The molecule has 126 valence electrons. The molecule has 23 heavy (non-hydrogen) atoms. The summed E-state index contributed by atoms with van der Waals surface area (Å²) in [6, 6.07) is 9.36. The van der Waals surface area contributed by atoms with Crippen LogP contribution in [0.5, 0.6) is 0 Å². The zero-order valence-electron chi connectivity index (χ0n) is 14.6. The van der Waals surface area contributed by atoms with Gasteiger partial charge in [0.25, 0.3) is 0 Å². The van der Waals surface area contributed by atoms with Gasteiger partial charge in [-0.25, -0.2) is 0 Å². The summed E-state index contributed by atoms with van der Waals surface area (Å²) in [5.74, 6) is 0.851. The zero-order chi connectivity index (χ0) is 15.9. The molecule has 1 saturated heterocycles. The zero-order valence-corrected chi connectivity index (χ0v) is 14.6. The normalized spacial score (nSPS) is 34.3. The van der Waals surface area contributed by atoms with Crippen LogP contribution in [0, 0.1) is 5.41 Å². The SMILES string of the molecule is CCC[C@]1(O)CC[C@]2(CCN(c3ccc(C4CC4)cc3)C2)CC1. The van der Waals surface area contributed by atoms with Crippen molar-refractivity contribution >= 4 is 5.69 Å². The molecule has 1 aromatic carbocycles. The second kappa shape index (κ2) is 5.81. The topological polar surface area (TPSA) is 23.5 Å². The van der Waals surface area contributed by atoms with Crippen LogP contribution in [0.1, 0.15) is 76.2 Å². The lowest BCUT2D eigenvalue weighted by atomic mass is 9.67. The fourth-order valence-electron chi connectivity index (χ4n) is 4.90. The largest absolute Gasteiger partial charge is 0.390 e. The van der Waals surface area contributed by atoms with E-state index in [0.29, 0.717) is 5.41 Å². The van der Waals surface area contributed by atoms with Gasteiger partial charge in [-0.05, 0) is 80.4 Å².